The molecule has 0 aliphatic heterocycles. The molecule has 0 fully saturated rings. The molecule has 1 amide bonds. The van der Waals surface area contributed by atoms with Crippen LogP contribution in [0, 0.1) is 0 Å². The predicted octanol–water partition coefficient (Wildman–Crippen LogP) is 2.87. The van der Waals surface area contributed by atoms with E-state index in [9.17, 15) is 9.59 Å². The lowest BCUT2D eigenvalue weighted by molar-refractivity contribution is -0.137. The molecule has 0 atom stereocenters. The Bertz CT molecular complexity index is 471. The maximum Gasteiger partial charge on any atom is 0.412 e. The molecule has 110 valence electrons. The molecular weight excluding hydrogens is 258 g/mol. The van der Waals surface area contributed by atoms with Gasteiger partial charge < -0.3 is 14.8 Å². The Balaban J connectivity index is 0.00000400. The highest BCUT2D eigenvalue weighted by molar-refractivity contribution is 5.81. The zero-order chi connectivity index (χ0) is 15.0. The predicted molar refractivity (Wildman–Crippen MR) is 77.8 cm³/mol. The SMILES string of the molecule is C=CC(=O)OCCNC(=O)Oc1ccc(C(C)C)cc1.[HH]. The van der Waals surface area contributed by atoms with Gasteiger partial charge in [-0.15, -0.1) is 0 Å². The first-order chi connectivity index (χ1) is 9.52. The van der Waals surface area contributed by atoms with E-state index in [0.717, 1.165) is 6.08 Å². The molecule has 0 radical (unpaired) electrons. The highest BCUT2D eigenvalue weighted by atomic mass is 16.6. The molecule has 0 aliphatic rings. The summed E-state index contributed by atoms with van der Waals surface area (Å²) < 4.78 is 9.78. The smallest absolute Gasteiger partial charge is 0.412 e. The molecule has 0 heterocycles. The van der Waals surface area contributed by atoms with Crippen LogP contribution in [0.4, 0.5) is 4.79 Å². The Morgan fingerprint density at radius 1 is 1.35 bits per heavy atom. The molecule has 0 unspecified atom stereocenters. The molecule has 5 heteroatoms. The van der Waals surface area contributed by atoms with Crippen molar-refractivity contribution in [3.05, 3.63) is 42.5 Å². The Hall–Kier alpha value is -2.30. The van der Waals surface area contributed by atoms with Crippen LogP contribution in [0.2, 0.25) is 0 Å². The van der Waals surface area contributed by atoms with E-state index in [2.05, 4.69) is 25.7 Å². The third-order valence-electron chi connectivity index (χ3n) is 2.54. The second kappa shape index (κ2) is 7.99. The number of rotatable bonds is 6. The average Bonchev–Trinajstić information content (AvgIpc) is 2.43. The number of benzene rings is 1. The third-order valence-corrected chi connectivity index (χ3v) is 2.54. The minimum atomic E-state index is -0.586. The number of ether oxygens (including phenoxy) is 2. The van der Waals surface area contributed by atoms with Gasteiger partial charge in [0.15, 0.2) is 0 Å². The van der Waals surface area contributed by atoms with E-state index in [-0.39, 0.29) is 14.6 Å². The van der Waals surface area contributed by atoms with Crippen LogP contribution in [-0.2, 0) is 9.53 Å². The summed E-state index contributed by atoms with van der Waals surface area (Å²) in [5, 5.41) is 2.48. The van der Waals surface area contributed by atoms with Crippen LogP contribution in [0.5, 0.6) is 5.75 Å². The molecule has 1 N–H and O–H groups in total. The molecule has 0 aromatic heterocycles. The average molecular weight is 279 g/mol. The summed E-state index contributed by atoms with van der Waals surface area (Å²) in [5.74, 6) is 0.372. The number of carbonyl (C=O) groups is 2. The molecule has 1 rings (SSSR count). The van der Waals surface area contributed by atoms with E-state index >= 15 is 0 Å². The van der Waals surface area contributed by atoms with Crippen molar-refractivity contribution < 1.29 is 20.5 Å². The summed E-state index contributed by atoms with van der Waals surface area (Å²) in [7, 11) is 0. The zero-order valence-electron chi connectivity index (χ0n) is 11.7. The largest absolute Gasteiger partial charge is 0.461 e. The number of amides is 1. The molecule has 20 heavy (non-hydrogen) atoms. The zero-order valence-corrected chi connectivity index (χ0v) is 11.7. The van der Waals surface area contributed by atoms with Crippen LogP contribution in [-0.4, -0.2) is 25.2 Å². The minimum Gasteiger partial charge on any atom is -0.461 e. The van der Waals surface area contributed by atoms with Crippen molar-refractivity contribution in [3.63, 3.8) is 0 Å². The third kappa shape index (κ3) is 5.56. The van der Waals surface area contributed by atoms with Gasteiger partial charge >= 0.3 is 12.1 Å². The highest BCUT2D eigenvalue weighted by Crippen LogP contribution is 2.18. The van der Waals surface area contributed by atoms with Crippen LogP contribution >= 0.6 is 0 Å². The molecule has 0 bridgehead atoms. The van der Waals surface area contributed by atoms with Crippen molar-refractivity contribution >= 4 is 12.1 Å². The van der Waals surface area contributed by atoms with E-state index in [1.165, 1.54) is 5.56 Å². The highest BCUT2D eigenvalue weighted by Gasteiger charge is 2.05. The minimum absolute atomic E-state index is 0. The van der Waals surface area contributed by atoms with Crippen LogP contribution < -0.4 is 10.1 Å². The van der Waals surface area contributed by atoms with Crippen LogP contribution in [0.1, 0.15) is 26.8 Å². The van der Waals surface area contributed by atoms with Crippen molar-refractivity contribution in [1.29, 1.82) is 0 Å². The van der Waals surface area contributed by atoms with Gasteiger partial charge in [-0.05, 0) is 23.6 Å². The summed E-state index contributed by atoms with van der Waals surface area (Å²) >= 11 is 0. The summed E-state index contributed by atoms with van der Waals surface area (Å²) in [5.41, 5.74) is 1.18. The molecule has 1 aromatic rings. The second-order valence-corrected chi connectivity index (χ2v) is 4.41. The fraction of sp³-hybridized carbons (Fsp3) is 0.333. The Kier molecular flexibility index (Phi) is 6.29. The first-order valence-corrected chi connectivity index (χ1v) is 6.37. The number of hydrogen-bond acceptors (Lipinski definition) is 4. The fourth-order valence-corrected chi connectivity index (χ4v) is 1.43. The molecule has 0 spiro atoms. The van der Waals surface area contributed by atoms with Gasteiger partial charge in [-0.25, -0.2) is 9.59 Å². The molecule has 0 saturated carbocycles. The van der Waals surface area contributed by atoms with Crippen molar-refractivity contribution in [1.82, 2.24) is 5.32 Å². The van der Waals surface area contributed by atoms with Gasteiger partial charge in [0, 0.05) is 7.50 Å². The topological polar surface area (TPSA) is 64.6 Å². The first-order valence-electron chi connectivity index (χ1n) is 6.37. The van der Waals surface area contributed by atoms with Crippen LogP contribution in [0.3, 0.4) is 0 Å². The quantitative estimate of drug-likeness (QED) is 0.494. The Labute approximate surface area is 120 Å². The Morgan fingerprint density at radius 2 is 2.00 bits per heavy atom. The summed E-state index contributed by atoms with van der Waals surface area (Å²) in [6.45, 7) is 7.70. The van der Waals surface area contributed by atoms with Gasteiger partial charge in [0.2, 0.25) is 0 Å². The van der Waals surface area contributed by atoms with Crippen molar-refractivity contribution in [2.24, 2.45) is 0 Å². The van der Waals surface area contributed by atoms with Gasteiger partial charge in [-0.2, -0.15) is 0 Å². The van der Waals surface area contributed by atoms with Crippen molar-refractivity contribution in [2.75, 3.05) is 13.2 Å². The fourth-order valence-electron chi connectivity index (χ4n) is 1.43. The van der Waals surface area contributed by atoms with Gasteiger partial charge in [0.05, 0.1) is 6.54 Å². The number of nitrogens with one attached hydrogen (secondary N) is 1. The van der Waals surface area contributed by atoms with Gasteiger partial charge in [0.25, 0.3) is 0 Å². The summed E-state index contributed by atoms with van der Waals surface area (Å²) in [6, 6.07) is 7.32. The van der Waals surface area contributed by atoms with Crippen LogP contribution in [0.15, 0.2) is 36.9 Å². The maximum absolute atomic E-state index is 11.5. The maximum atomic E-state index is 11.5. The molecule has 0 aliphatic carbocycles. The lowest BCUT2D eigenvalue weighted by Gasteiger charge is -2.08. The number of carbonyl (C=O) groups excluding carboxylic acids is 2. The standard InChI is InChI=1S/C15H19NO4.H2/c1-4-14(17)19-10-9-16-15(18)20-13-7-5-12(6-8-13)11(2)3;/h4-8,11H,1,9-10H2,2-3H3,(H,16,18);1H. The van der Waals surface area contributed by atoms with Gasteiger partial charge in [0.1, 0.15) is 12.4 Å². The monoisotopic (exact) mass is 279 g/mol. The second-order valence-electron chi connectivity index (χ2n) is 4.41. The van der Waals surface area contributed by atoms with E-state index in [1.54, 1.807) is 12.1 Å². The van der Waals surface area contributed by atoms with E-state index in [4.69, 9.17) is 9.47 Å². The van der Waals surface area contributed by atoms with Crippen molar-refractivity contribution in [2.45, 2.75) is 19.8 Å². The summed E-state index contributed by atoms with van der Waals surface area (Å²) in [6.07, 6.45) is 0.478. The summed E-state index contributed by atoms with van der Waals surface area (Å²) in [4.78, 5) is 22.2. The van der Waals surface area contributed by atoms with Crippen molar-refractivity contribution in [3.8, 4) is 5.75 Å². The molecule has 1 aromatic carbocycles. The molecule has 5 nitrogen and oxygen atoms in total. The lowest BCUT2D eigenvalue weighted by atomic mass is 10.0. The van der Waals surface area contributed by atoms with Crippen LogP contribution in [0.25, 0.3) is 0 Å². The normalized spacial score (nSPS) is 9.95. The van der Waals surface area contributed by atoms with Gasteiger partial charge in [-0.1, -0.05) is 32.6 Å². The van der Waals surface area contributed by atoms with Gasteiger partial charge in [-0.3, -0.25) is 0 Å². The molecular formula is C15H21NO4. The molecule has 0 saturated heterocycles. The lowest BCUT2D eigenvalue weighted by Crippen LogP contribution is -2.30. The number of hydrogen-bond donors (Lipinski definition) is 1. The Morgan fingerprint density at radius 3 is 2.55 bits per heavy atom. The first kappa shape index (κ1) is 15.8. The number of esters is 1. The van der Waals surface area contributed by atoms with E-state index in [0.29, 0.717) is 11.7 Å². The van der Waals surface area contributed by atoms with E-state index in [1.807, 2.05) is 12.1 Å². The van der Waals surface area contributed by atoms with E-state index < -0.39 is 12.1 Å².